The number of carbonyl (C=O) groups is 1. The molecule has 0 amide bonds. The molecule has 1 heterocycles. The Labute approximate surface area is 205 Å². The summed E-state index contributed by atoms with van der Waals surface area (Å²) < 4.78 is 1.87. The summed E-state index contributed by atoms with van der Waals surface area (Å²) >= 11 is 10.1. The Bertz CT molecular complexity index is 1130. The molecule has 3 aromatic rings. The molecule has 0 bridgehead atoms. The van der Waals surface area contributed by atoms with E-state index in [-0.39, 0.29) is 23.5 Å². The van der Waals surface area contributed by atoms with Gasteiger partial charge in [0.2, 0.25) is 0 Å². The molecule has 0 radical (unpaired) electrons. The molecule has 0 fully saturated rings. The molecule has 0 atom stereocenters. The van der Waals surface area contributed by atoms with Crippen molar-refractivity contribution < 1.29 is 25.0 Å². The highest BCUT2D eigenvalue weighted by Crippen LogP contribution is 2.47. The zero-order chi connectivity index (χ0) is 23.8. The van der Waals surface area contributed by atoms with E-state index in [2.05, 4.69) is 5.16 Å². The number of halogens is 1. The standard InChI is InChI=1S/C23H25ClN2O5S2/c1-31-25-20(22(29)30)16-7-3-2-6-15(16)14-26-18-9-5-4-8-17(18)19(21(26)24)23(32-12-10-27)33-13-11-28/h2-9,23,27-28H,10-14H2,1H3,(H,29,30). The van der Waals surface area contributed by atoms with E-state index >= 15 is 0 Å². The fraction of sp³-hybridized carbons (Fsp3) is 0.304. The lowest BCUT2D eigenvalue weighted by molar-refractivity contribution is -0.129. The van der Waals surface area contributed by atoms with Crippen molar-refractivity contribution in [3.05, 3.63) is 70.4 Å². The van der Waals surface area contributed by atoms with E-state index in [0.717, 1.165) is 22.0 Å². The number of aliphatic hydroxyl groups excluding tert-OH is 2. The van der Waals surface area contributed by atoms with Crippen molar-refractivity contribution in [1.29, 1.82) is 0 Å². The Hall–Kier alpha value is -2.17. The van der Waals surface area contributed by atoms with E-state index in [1.807, 2.05) is 41.0 Å². The number of carboxylic acids is 1. The molecule has 0 saturated carbocycles. The van der Waals surface area contributed by atoms with Crippen molar-refractivity contribution in [3.63, 3.8) is 0 Å². The summed E-state index contributed by atoms with van der Waals surface area (Å²) in [6.07, 6.45) is 0. The minimum Gasteiger partial charge on any atom is -0.476 e. The van der Waals surface area contributed by atoms with Crippen molar-refractivity contribution in [3.8, 4) is 0 Å². The number of thioether (sulfide) groups is 2. The molecule has 10 heteroatoms. The van der Waals surface area contributed by atoms with Gasteiger partial charge in [-0.3, -0.25) is 0 Å². The van der Waals surface area contributed by atoms with E-state index in [1.54, 1.807) is 35.7 Å². The summed E-state index contributed by atoms with van der Waals surface area (Å²) in [5, 5.41) is 33.5. The Morgan fingerprint density at radius 3 is 2.36 bits per heavy atom. The predicted molar refractivity (Wildman–Crippen MR) is 136 cm³/mol. The van der Waals surface area contributed by atoms with Gasteiger partial charge >= 0.3 is 5.97 Å². The SMILES string of the molecule is CON=C(C(=O)O)c1ccccc1Cn1c(Cl)c(C(SCCO)SCCO)c2ccccc21. The number of aliphatic carboxylic acids is 1. The van der Waals surface area contributed by atoms with Crippen molar-refractivity contribution in [2.24, 2.45) is 5.16 Å². The van der Waals surface area contributed by atoms with Crippen molar-refractivity contribution in [1.82, 2.24) is 4.57 Å². The Morgan fingerprint density at radius 1 is 1.09 bits per heavy atom. The second kappa shape index (κ2) is 12.3. The highest BCUT2D eigenvalue weighted by molar-refractivity contribution is 8.16. The molecule has 0 aliphatic carbocycles. The molecular weight excluding hydrogens is 484 g/mol. The maximum Gasteiger partial charge on any atom is 0.358 e. The van der Waals surface area contributed by atoms with E-state index in [4.69, 9.17) is 16.4 Å². The Morgan fingerprint density at radius 2 is 1.73 bits per heavy atom. The number of hydrogen-bond acceptors (Lipinski definition) is 7. The smallest absolute Gasteiger partial charge is 0.358 e. The van der Waals surface area contributed by atoms with Crippen molar-refractivity contribution in [2.75, 3.05) is 31.8 Å². The second-order valence-electron chi connectivity index (χ2n) is 6.91. The molecule has 0 aliphatic heterocycles. The first kappa shape index (κ1) is 25.5. The van der Waals surface area contributed by atoms with Crippen LogP contribution in [0.2, 0.25) is 5.15 Å². The lowest BCUT2D eigenvalue weighted by Crippen LogP contribution is -2.18. The van der Waals surface area contributed by atoms with Crippen molar-refractivity contribution >= 4 is 57.7 Å². The normalized spacial score (nSPS) is 12.0. The van der Waals surface area contributed by atoms with Crippen LogP contribution in [0.4, 0.5) is 0 Å². The molecule has 7 nitrogen and oxygen atoms in total. The maximum atomic E-state index is 11.8. The highest BCUT2D eigenvalue weighted by Gasteiger charge is 2.25. The number of para-hydroxylation sites is 1. The molecule has 0 unspecified atom stereocenters. The fourth-order valence-electron chi connectivity index (χ4n) is 3.57. The number of oxime groups is 1. The number of fused-ring (bicyclic) bond motifs is 1. The van der Waals surface area contributed by atoms with Crippen molar-refractivity contribution in [2.45, 2.75) is 11.1 Å². The third-order valence-electron chi connectivity index (χ3n) is 4.89. The minimum atomic E-state index is -1.19. The first-order valence-electron chi connectivity index (χ1n) is 10.2. The molecular formula is C23H25ClN2O5S2. The zero-order valence-electron chi connectivity index (χ0n) is 18.0. The molecule has 0 aliphatic rings. The molecule has 3 N–H and O–H groups in total. The number of benzene rings is 2. The largest absolute Gasteiger partial charge is 0.476 e. The Balaban J connectivity index is 2.12. The van der Waals surface area contributed by atoms with Crippen LogP contribution in [0.3, 0.4) is 0 Å². The molecule has 176 valence electrons. The van der Waals surface area contributed by atoms with E-state index in [9.17, 15) is 20.1 Å². The summed E-state index contributed by atoms with van der Waals surface area (Å²) in [4.78, 5) is 16.5. The molecule has 1 aromatic heterocycles. The number of hydrogen-bond donors (Lipinski definition) is 3. The van der Waals surface area contributed by atoms with Gasteiger partial charge in [0.15, 0.2) is 5.71 Å². The van der Waals surface area contributed by atoms with Gasteiger partial charge in [0.05, 0.1) is 17.8 Å². The first-order valence-corrected chi connectivity index (χ1v) is 12.6. The van der Waals surface area contributed by atoms with Crippen LogP contribution in [0.15, 0.2) is 53.7 Å². The summed E-state index contributed by atoms with van der Waals surface area (Å²) in [7, 11) is 1.31. The number of carboxylic acid groups (broad SMARTS) is 1. The van der Waals surface area contributed by atoms with Gasteiger partial charge < -0.3 is 24.7 Å². The molecule has 2 aromatic carbocycles. The third-order valence-corrected chi connectivity index (χ3v) is 8.02. The lowest BCUT2D eigenvalue weighted by Gasteiger charge is -2.16. The first-order chi connectivity index (χ1) is 16.0. The molecule has 0 spiro atoms. The van der Waals surface area contributed by atoms with Crippen LogP contribution < -0.4 is 0 Å². The van der Waals surface area contributed by atoms with E-state index in [0.29, 0.717) is 28.8 Å². The van der Waals surface area contributed by atoms with Gasteiger partial charge in [0.1, 0.15) is 12.3 Å². The van der Waals surface area contributed by atoms with Gasteiger partial charge in [0.25, 0.3) is 0 Å². The molecule has 3 rings (SSSR count). The maximum absolute atomic E-state index is 11.8. The van der Waals surface area contributed by atoms with Gasteiger partial charge in [-0.1, -0.05) is 59.2 Å². The second-order valence-corrected chi connectivity index (χ2v) is 10.00. The van der Waals surface area contributed by atoms with Gasteiger partial charge in [-0.15, -0.1) is 23.5 Å². The molecule has 0 saturated heterocycles. The number of nitrogens with zero attached hydrogens (tertiary/aromatic N) is 2. The van der Waals surface area contributed by atoms with Crippen LogP contribution in [0.5, 0.6) is 0 Å². The average Bonchev–Trinajstić information content (AvgIpc) is 3.09. The summed E-state index contributed by atoms with van der Waals surface area (Å²) in [5.74, 6) is -0.108. The number of aliphatic hydroxyl groups is 2. The van der Waals surface area contributed by atoms with Crippen LogP contribution in [-0.4, -0.2) is 63.4 Å². The minimum absolute atomic E-state index is 0.0429. The average molecular weight is 509 g/mol. The highest BCUT2D eigenvalue weighted by atomic mass is 35.5. The van der Waals surface area contributed by atoms with E-state index < -0.39 is 5.97 Å². The van der Waals surface area contributed by atoms with Gasteiger partial charge in [-0.25, -0.2) is 4.79 Å². The Kier molecular flexibility index (Phi) is 9.52. The van der Waals surface area contributed by atoms with Gasteiger partial charge in [0, 0.05) is 40.1 Å². The van der Waals surface area contributed by atoms with Crippen LogP contribution >= 0.6 is 35.1 Å². The number of aromatic nitrogens is 1. The van der Waals surface area contributed by atoms with E-state index in [1.165, 1.54) is 7.11 Å². The van der Waals surface area contributed by atoms with Crippen LogP contribution in [0.25, 0.3) is 10.9 Å². The quantitative estimate of drug-likeness (QED) is 0.191. The lowest BCUT2D eigenvalue weighted by atomic mass is 10.0. The topological polar surface area (TPSA) is 104 Å². The van der Waals surface area contributed by atoms with Gasteiger partial charge in [-0.2, -0.15) is 0 Å². The number of rotatable bonds is 12. The summed E-state index contributed by atoms with van der Waals surface area (Å²) in [6, 6.07) is 15.0. The van der Waals surface area contributed by atoms with Crippen LogP contribution in [0, 0.1) is 0 Å². The zero-order valence-corrected chi connectivity index (χ0v) is 20.4. The van der Waals surface area contributed by atoms with Crippen LogP contribution in [-0.2, 0) is 16.2 Å². The summed E-state index contributed by atoms with van der Waals surface area (Å²) in [5.41, 5.74) is 2.82. The predicted octanol–water partition coefficient (Wildman–Crippen LogP) is 4.23. The molecule has 33 heavy (non-hydrogen) atoms. The monoisotopic (exact) mass is 508 g/mol. The fourth-order valence-corrected chi connectivity index (χ4v) is 6.47. The van der Waals surface area contributed by atoms with Crippen LogP contribution in [0.1, 0.15) is 21.3 Å². The van der Waals surface area contributed by atoms with Gasteiger partial charge in [-0.05, 0) is 11.6 Å². The third kappa shape index (κ3) is 5.85. The summed E-state index contributed by atoms with van der Waals surface area (Å²) in [6.45, 7) is 0.413.